The van der Waals surface area contributed by atoms with Crippen LogP contribution in [-0.4, -0.2) is 90.4 Å². The maximum atomic E-state index is 13.8. The maximum absolute atomic E-state index is 13.8. The van der Waals surface area contributed by atoms with Gasteiger partial charge in [-0.05, 0) is 81.1 Å². The molecule has 3 aromatic carbocycles. The first-order valence-electron chi connectivity index (χ1n) is 16.7. The monoisotopic (exact) mass is 703 g/mol. The number of aryl methyl sites for hydroxylation is 1. The summed E-state index contributed by atoms with van der Waals surface area (Å²) >= 11 is 0. The molecular formula is C38H49N5O8. The molecule has 0 aliphatic carbocycles. The van der Waals surface area contributed by atoms with Crippen molar-refractivity contribution in [3.8, 4) is 11.5 Å². The molecule has 0 aliphatic rings. The number of carbonyl (C=O) groups excluding carboxylic acids is 4. The summed E-state index contributed by atoms with van der Waals surface area (Å²) in [6, 6.07) is 18.5. The number of carbonyl (C=O) groups is 5. The van der Waals surface area contributed by atoms with Crippen LogP contribution in [0.5, 0.6) is 11.5 Å². The molecule has 0 radical (unpaired) electrons. The number of anilines is 3. The van der Waals surface area contributed by atoms with Gasteiger partial charge < -0.3 is 40.3 Å². The molecular weight excluding hydrogens is 654 g/mol. The van der Waals surface area contributed by atoms with Crippen LogP contribution in [0.3, 0.4) is 0 Å². The van der Waals surface area contributed by atoms with Gasteiger partial charge in [0.15, 0.2) is 5.78 Å². The van der Waals surface area contributed by atoms with Crippen molar-refractivity contribution < 1.29 is 38.6 Å². The Morgan fingerprint density at radius 3 is 1.98 bits per heavy atom. The van der Waals surface area contributed by atoms with Crippen LogP contribution in [-0.2, 0) is 14.4 Å². The Labute approximate surface area is 299 Å². The molecule has 4 N–H and O–H groups in total. The lowest BCUT2D eigenvalue weighted by Crippen LogP contribution is -2.50. The molecule has 0 spiro atoms. The number of urea groups is 1. The van der Waals surface area contributed by atoms with E-state index in [-0.39, 0.29) is 43.3 Å². The second-order valence-corrected chi connectivity index (χ2v) is 13.1. The average Bonchev–Trinajstić information content (AvgIpc) is 3.09. The SMILES string of the molecule is COc1cc(OC)cc(C(=O)N(CCC(=O)O)CC(=O)N(CCC(C)C)CC(=O)C(C)(C)Nc2ccc(NC(=O)Nc3ccccc3C)cc2)c1. The molecule has 0 aliphatic heterocycles. The van der Waals surface area contributed by atoms with Crippen LogP contribution < -0.4 is 25.4 Å². The van der Waals surface area contributed by atoms with Gasteiger partial charge in [0.05, 0.1) is 32.7 Å². The van der Waals surface area contributed by atoms with Crippen LogP contribution >= 0.6 is 0 Å². The lowest BCUT2D eigenvalue weighted by atomic mass is 9.97. The molecule has 13 heteroatoms. The van der Waals surface area contributed by atoms with Gasteiger partial charge in [-0.2, -0.15) is 0 Å². The highest BCUT2D eigenvalue weighted by atomic mass is 16.5. The average molecular weight is 704 g/mol. The molecule has 13 nitrogen and oxygen atoms in total. The number of nitrogens with one attached hydrogen (secondary N) is 3. The highest BCUT2D eigenvalue weighted by Crippen LogP contribution is 2.24. The van der Waals surface area contributed by atoms with Crippen LogP contribution in [0.25, 0.3) is 0 Å². The third kappa shape index (κ3) is 12.4. The molecule has 51 heavy (non-hydrogen) atoms. The summed E-state index contributed by atoms with van der Waals surface area (Å²) < 4.78 is 10.6. The summed E-state index contributed by atoms with van der Waals surface area (Å²) in [5.41, 5.74) is 1.86. The number of methoxy groups -OCH3 is 2. The number of nitrogens with zero attached hydrogens (tertiary/aromatic N) is 2. The molecule has 4 amide bonds. The van der Waals surface area contributed by atoms with Crippen LogP contribution in [0, 0.1) is 12.8 Å². The van der Waals surface area contributed by atoms with Crippen molar-refractivity contribution in [2.75, 3.05) is 56.3 Å². The van der Waals surface area contributed by atoms with Crippen molar-refractivity contribution >= 4 is 46.7 Å². The summed E-state index contributed by atoms with van der Waals surface area (Å²) in [7, 11) is 2.88. The Morgan fingerprint density at radius 1 is 0.804 bits per heavy atom. The fourth-order valence-corrected chi connectivity index (χ4v) is 5.00. The fourth-order valence-electron chi connectivity index (χ4n) is 5.00. The number of carboxylic acids is 1. The molecule has 0 unspecified atom stereocenters. The van der Waals surface area contributed by atoms with Gasteiger partial charge in [-0.3, -0.25) is 19.2 Å². The first-order valence-corrected chi connectivity index (χ1v) is 16.7. The summed E-state index contributed by atoms with van der Waals surface area (Å²) in [4.78, 5) is 67.7. The van der Waals surface area contributed by atoms with E-state index in [2.05, 4.69) is 16.0 Å². The van der Waals surface area contributed by atoms with E-state index in [0.717, 1.165) is 10.5 Å². The number of ketones is 1. The van der Waals surface area contributed by atoms with Crippen molar-refractivity contribution in [2.24, 2.45) is 5.92 Å². The Bertz CT molecular complexity index is 1670. The Balaban J connectivity index is 1.72. The molecule has 0 saturated carbocycles. The van der Waals surface area contributed by atoms with E-state index in [1.807, 2.05) is 45.0 Å². The van der Waals surface area contributed by atoms with Gasteiger partial charge in [-0.1, -0.05) is 32.0 Å². The minimum atomic E-state index is -1.13. The Hall–Kier alpha value is -5.59. The number of benzene rings is 3. The summed E-state index contributed by atoms with van der Waals surface area (Å²) in [5.74, 6) is -1.54. The quantitative estimate of drug-likeness (QED) is 0.126. The van der Waals surface area contributed by atoms with Crippen LogP contribution in [0.2, 0.25) is 0 Å². The number of para-hydroxylation sites is 1. The van der Waals surface area contributed by atoms with Crippen LogP contribution in [0.15, 0.2) is 66.7 Å². The van der Waals surface area contributed by atoms with Gasteiger partial charge in [-0.15, -0.1) is 0 Å². The third-order valence-corrected chi connectivity index (χ3v) is 8.16. The summed E-state index contributed by atoms with van der Waals surface area (Å²) in [5, 5.41) is 18.2. The number of amides is 4. The zero-order chi connectivity index (χ0) is 37.7. The largest absolute Gasteiger partial charge is 0.497 e. The molecule has 3 rings (SSSR count). The maximum Gasteiger partial charge on any atom is 0.323 e. The first kappa shape index (κ1) is 39.8. The number of aliphatic carboxylic acids is 1. The zero-order valence-corrected chi connectivity index (χ0v) is 30.4. The minimum absolute atomic E-state index is 0.160. The Morgan fingerprint density at radius 2 is 1.41 bits per heavy atom. The van der Waals surface area contributed by atoms with Crippen molar-refractivity contribution in [3.63, 3.8) is 0 Å². The van der Waals surface area contributed by atoms with E-state index in [1.54, 1.807) is 44.2 Å². The van der Waals surface area contributed by atoms with Crippen molar-refractivity contribution in [3.05, 3.63) is 77.9 Å². The van der Waals surface area contributed by atoms with Gasteiger partial charge >= 0.3 is 12.0 Å². The molecule has 0 saturated heterocycles. The van der Waals surface area contributed by atoms with E-state index >= 15 is 0 Å². The third-order valence-electron chi connectivity index (χ3n) is 8.16. The summed E-state index contributed by atoms with van der Waals surface area (Å²) in [6.45, 7) is 8.68. The molecule has 3 aromatic rings. The predicted octanol–water partition coefficient (Wildman–Crippen LogP) is 5.91. The number of hydrogen-bond acceptors (Lipinski definition) is 8. The van der Waals surface area contributed by atoms with E-state index in [0.29, 0.717) is 35.0 Å². The van der Waals surface area contributed by atoms with Gasteiger partial charge in [0.25, 0.3) is 5.91 Å². The molecule has 0 heterocycles. The fraction of sp³-hybridized carbons (Fsp3) is 0.395. The minimum Gasteiger partial charge on any atom is -0.497 e. The number of rotatable bonds is 18. The van der Waals surface area contributed by atoms with E-state index in [4.69, 9.17) is 9.47 Å². The van der Waals surface area contributed by atoms with Crippen molar-refractivity contribution in [1.82, 2.24) is 9.80 Å². The molecule has 0 aromatic heterocycles. The normalized spacial score (nSPS) is 11.0. The first-order chi connectivity index (χ1) is 24.1. The van der Waals surface area contributed by atoms with Gasteiger partial charge in [0, 0.05) is 41.8 Å². The number of ether oxygens (including phenoxy) is 2. The molecule has 0 atom stereocenters. The van der Waals surface area contributed by atoms with Gasteiger partial charge in [0.2, 0.25) is 5.91 Å². The van der Waals surface area contributed by atoms with Crippen molar-refractivity contribution in [1.29, 1.82) is 0 Å². The molecule has 274 valence electrons. The van der Waals surface area contributed by atoms with E-state index < -0.39 is 35.9 Å². The van der Waals surface area contributed by atoms with Crippen LogP contribution in [0.4, 0.5) is 21.9 Å². The number of carboxylic acid groups (broad SMARTS) is 1. The zero-order valence-electron chi connectivity index (χ0n) is 30.4. The second kappa shape index (κ2) is 18.4. The highest BCUT2D eigenvalue weighted by Gasteiger charge is 2.31. The molecule has 0 bridgehead atoms. The molecule has 0 fully saturated rings. The lowest BCUT2D eigenvalue weighted by molar-refractivity contribution is -0.139. The van der Waals surface area contributed by atoms with E-state index in [9.17, 15) is 29.1 Å². The standard InChI is InChI=1S/C38H49N5O8/c1-25(2)16-18-42(34(45)24-43(19-17-35(46)47)36(48)27-20-30(50-6)22-31(21-27)51-7)23-33(44)38(4,5)41-29-14-12-28(13-15-29)39-37(49)40-32-11-9-8-10-26(32)3/h8-15,20-22,25,41H,16-19,23-24H2,1-7H3,(H,46,47)(H2,39,40,49). The number of Topliss-reactive ketones (excluding diaryl/α,β-unsaturated/α-hetero) is 1. The van der Waals surface area contributed by atoms with Crippen LogP contribution in [0.1, 0.15) is 56.5 Å². The number of hydrogen-bond donors (Lipinski definition) is 4. The smallest absolute Gasteiger partial charge is 0.323 e. The summed E-state index contributed by atoms with van der Waals surface area (Å²) in [6.07, 6.45) is 0.225. The second-order valence-electron chi connectivity index (χ2n) is 13.1. The van der Waals surface area contributed by atoms with E-state index in [1.165, 1.54) is 31.3 Å². The van der Waals surface area contributed by atoms with Gasteiger partial charge in [-0.25, -0.2) is 4.79 Å². The lowest BCUT2D eigenvalue weighted by Gasteiger charge is -2.32. The van der Waals surface area contributed by atoms with Crippen molar-refractivity contribution in [2.45, 2.75) is 53.0 Å². The van der Waals surface area contributed by atoms with Gasteiger partial charge in [0.1, 0.15) is 18.0 Å². The highest BCUT2D eigenvalue weighted by molar-refractivity contribution is 6.01. The topological polar surface area (TPSA) is 167 Å². The Kier molecular flexibility index (Phi) is 14.4. The predicted molar refractivity (Wildman–Crippen MR) is 197 cm³/mol.